The van der Waals surface area contributed by atoms with Gasteiger partial charge in [-0.25, -0.2) is 4.39 Å². The summed E-state index contributed by atoms with van der Waals surface area (Å²) in [6, 6.07) is 17.0. The van der Waals surface area contributed by atoms with Gasteiger partial charge in [-0.1, -0.05) is 58.0 Å². The number of carbonyl (C=O) groups excluding carboxylic acids is 1. The predicted octanol–water partition coefficient (Wildman–Crippen LogP) is 6.16. The van der Waals surface area contributed by atoms with Crippen LogP contribution in [0.25, 0.3) is 17.3 Å². The minimum Gasteiger partial charge on any atom is -0.289 e. The maximum atomic E-state index is 12.9. The Morgan fingerprint density at radius 1 is 0.962 bits per heavy atom. The number of hydrogen-bond donors (Lipinski definition) is 1. The summed E-state index contributed by atoms with van der Waals surface area (Å²) in [6.07, 6.45) is 3.17. The lowest BCUT2D eigenvalue weighted by molar-refractivity contribution is 0.104. The number of carbonyl (C=O) groups is 1. The number of ketones is 1. The van der Waals surface area contributed by atoms with Gasteiger partial charge < -0.3 is 0 Å². The zero-order chi connectivity index (χ0) is 19.4. The average Bonchev–Trinajstić information content (AvgIpc) is 3.19. The largest absolute Gasteiger partial charge is 0.289 e. The van der Waals surface area contributed by atoms with Gasteiger partial charge in [0.1, 0.15) is 5.82 Å². The van der Waals surface area contributed by atoms with Crippen LogP contribution >= 0.6 is 0 Å². The molecular weight excluding hydrogens is 327 g/mol. The monoisotopic (exact) mass is 352 g/mol. The van der Waals surface area contributed by atoms with E-state index >= 15 is 0 Å². The molecule has 0 saturated carbocycles. The summed E-state index contributed by atoms with van der Waals surface area (Å²) in [4.78, 5) is 12.0. The van der Waals surface area contributed by atoms with Crippen LogP contribution in [0.1, 0.15) is 43.7 Å². The van der Waals surface area contributed by atoms with E-state index in [1.54, 1.807) is 30.3 Å². The molecule has 0 bridgehead atoms. The topological polar surface area (TPSA) is 45.8 Å². The van der Waals surface area contributed by atoms with Crippen LogP contribution in [-0.4, -0.2) is 16.0 Å². The standard InChI is InChI=1S/C18H13FN2O.2C2H6/c19-15-8-6-13(7-9-15)17-12-16(20-21-17)10-11-18(22)14-4-2-1-3-5-14;2*1-2/h1-12H,(H,20,21);2*1-2H3/b11-10+;;. The van der Waals surface area contributed by atoms with Crippen molar-refractivity contribution < 1.29 is 9.18 Å². The number of hydrogen-bond acceptors (Lipinski definition) is 2. The third kappa shape index (κ3) is 6.13. The molecule has 3 nitrogen and oxygen atoms in total. The number of halogens is 1. The van der Waals surface area contributed by atoms with Gasteiger partial charge in [0.2, 0.25) is 0 Å². The fourth-order valence-corrected chi connectivity index (χ4v) is 2.05. The summed E-state index contributed by atoms with van der Waals surface area (Å²) < 4.78 is 12.9. The fraction of sp³-hybridized carbons (Fsp3) is 0.182. The molecule has 0 aliphatic heterocycles. The fourth-order valence-electron chi connectivity index (χ4n) is 2.05. The summed E-state index contributed by atoms with van der Waals surface area (Å²) >= 11 is 0. The molecule has 0 aliphatic carbocycles. The quantitative estimate of drug-likeness (QED) is 0.451. The first-order valence-corrected chi connectivity index (χ1v) is 8.81. The molecule has 0 unspecified atom stereocenters. The van der Waals surface area contributed by atoms with Crippen LogP contribution in [0.2, 0.25) is 0 Å². The van der Waals surface area contributed by atoms with Crippen molar-refractivity contribution in [3.63, 3.8) is 0 Å². The molecule has 0 radical (unpaired) electrons. The maximum absolute atomic E-state index is 12.9. The zero-order valence-electron chi connectivity index (χ0n) is 15.7. The van der Waals surface area contributed by atoms with Gasteiger partial charge in [0.15, 0.2) is 5.78 Å². The molecule has 1 aromatic heterocycles. The Labute approximate surface area is 154 Å². The number of nitrogens with zero attached hydrogens (tertiary/aromatic N) is 1. The molecule has 0 aliphatic rings. The number of aromatic amines is 1. The third-order valence-corrected chi connectivity index (χ3v) is 3.21. The molecule has 1 N–H and O–H groups in total. The van der Waals surface area contributed by atoms with E-state index in [0.29, 0.717) is 17.0 Å². The Kier molecular flexibility index (Phi) is 9.33. The van der Waals surface area contributed by atoms with Gasteiger partial charge in [-0.05, 0) is 42.5 Å². The SMILES string of the molecule is CC.CC.O=C(/C=C/c1cc(-c2ccc(F)cc2)n[nH]1)c1ccccc1. The number of H-pyrrole nitrogens is 1. The molecule has 2 aromatic carbocycles. The minimum absolute atomic E-state index is 0.0708. The van der Waals surface area contributed by atoms with Crippen molar-refractivity contribution in [2.24, 2.45) is 0 Å². The van der Waals surface area contributed by atoms with Gasteiger partial charge >= 0.3 is 0 Å². The van der Waals surface area contributed by atoms with E-state index < -0.39 is 0 Å². The van der Waals surface area contributed by atoms with E-state index in [4.69, 9.17) is 0 Å². The first-order chi connectivity index (χ1) is 12.7. The molecule has 0 amide bonds. The number of benzene rings is 2. The van der Waals surface area contributed by atoms with Gasteiger partial charge in [-0.15, -0.1) is 0 Å². The van der Waals surface area contributed by atoms with Crippen LogP contribution in [0.15, 0.2) is 66.7 Å². The van der Waals surface area contributed by atoms with Gasteiger partial charge in [0.25, 0.3) is 0 Å². The number of rotatable bonds is 4. The van der Waals surface area contributed by atoms with Gasteiger partial charge in [0.05, 0.1) is 11.4 Å². The zero-order valence-corrected chi connectivity index (χ0v) is 15.7. The molecule has 0 saturated heterocycles. The highest BCUT2D eigenvalue weighted by Gasteiger charge is 2.04. The highest BCUT2D eigenvalue weighted by atomic mass is 19.1. The first-order valence-electron chi connectivity index (χ1n) is 8.81. The minimum atomic E-state index is -0.284. The smallest absolute Gasteiger partial charge is 0.185 e. The average molecular weight is 352 g/mol. The number of aromatic nitrogens is 2. The van der Waals surface area contributed by atoms with Crippen LogP contribution in [-0.2, 0) is 0 Å². The molecule has 0 fully saturated rings. The first kappa shape index (κ1) is 21.0. The van der Waals surface area contributed by atoms with Crippen LogP contribution in [0.4, 0.5) is 4.39 Å². The summed E-state index contributed by atoms with van der Waals surface area (Å²) in [5, 5.41) is 7.00. The lowest BCUT2D eigenvalue weighted by atomic mass is 10.1. The molecule has 136 valence electrons. The van der Waals surface area contributed by atoms with Crippen molar-refractivity contribution in [3.8, 4) is 11.3 Å². The Hall–Kier alpha value is -3.01. The normalized spacial score (nSPS) is 9.73. The van der Waals surface area contributed by atoms with Crippen molar-refractivity contribution in [1.29, 1.82) is 0 Å². The lowest BCUT2D eigenvalue weighted by Crippen LogP contribution is -1.92. The van der Waals surface area contributed by atoms with Crippen molar-refractivity contribution in [2.45, 2.75) is 27.7 Å². The van der Waals surface area contributed by atoms with E-state index in [0.717, 1.165) is 5.56 Å². The molecule has 3 rings (SSSR count). The second-order valence-electron chi connectivity index (χ2n) is 4.78. The van der Waals surface area contributed by atoms with E-state index in [9.17, 15) is 9.18 Å². The van der Waals surface area contributed by atoms with E-state index in [1.165, 1.54) is 18.2 Å². The summed E-state index contributed by atoms with van der Waals surface area (Å²) in [6.45, 7) is 8.00. The number of nitrogens with one attached hydrogen (secondary N) is 1. The molecule has 3 aromatic rings. The molecular formula is C22H25FN2O. The van der Waals surface area contributed by atoms with Crippen molar-refractivity contribution in [1.82, 2.24) is 10.2 Å². The second-order valence-corrected chi connectivity index (χ2v) is 4.78. The van der Waals surface area contributed by atoms with E-state index in [1.807, 2.05) is 52.0 Å². The Morgan fingerprint density at radius 2 is 1.58 bits per heavy atom. The van der Waals surface area contributed by atoms with Crippen molar-refractivity contribution >= 4 is 11.9 Å². The van der Waals surface area contributed by atoms with Crippen LogP contribution in [0.5, 0.6) is 0 Å². The summed E-state index contributed by atoms with van der Waals surface area (Å²) in [5.74, 6) is -0.355. The highest BCUT2D eigenvalue weighted by Crippen LogP contribution is 2.18. The van der Waals surface area contributed by atoms with Gasteiger partial charge in [-0.3, -0.25) is 9.89 Å². The van der Waals surface area contributed by atoms with Crippen LogP contribution in [0.3, 0.4) is 0 Å². The van der Waals surface area contributed by atoms with Gasteiger partial charge in [-0.2, -0.15) is 5.10 Å². The molecule has 0 spiro atoms. The molecule has 0 atom stereocenters. The Morgan fingerprint density at radius 3 is 2.19 bits per heavy atom. The van der Waals surface area contributed by atoms with Gasteiger partial charge in [0, 0.05) is 11.1 Å². The van der Waals surface area contributed by atoms with Crippen LogP contribution < -0.4 is 0 Å². The Bertz CT molecular complexity index is 806. The summed E-state index contributed by atoms with van der Waals surface area (Å²) in [5.41, 5.74) is 2.86. The lowest BCUT2D eigenvalue weighted by Gasteiger charge is -1.94. The predicted molar refractivity (Wildman–Crippen MR) is 106 cm³/mol. The molecule has 26 heavy (non-hydrogen) atoms. The Balaban J connectivity index is 0.000000791. The maximum Gasteiger partial charge on any atom is 0.185 e. The summed E-state index contributed by atoms with van der Waals surface area (Å²) in [7, 11) is 0. The third-order valence-electron chi connectivity index (χ3n) is 3.21. The van der Waals surface area contributed by atoms with Crippen molar-refractivity contribution in [2.75, 3.05) is 0 Å². The van der Waals surface area contributed by atoms with E-state index in [-0.39, 0.29) is 11.6 Å². The van der Waals surface area contributed by atoms with Crippen LogP contribution in [0, 0.1) is 5.82 Å². The molecule has 1 heterocycles. The second kappa shape index (κ2) is 11.5. The van der Waals surface area contributed by atoms with Crippen molar-refractivity contribution in [3.05, 3.63) is 83.8 Å². The highest BCUT2D eigenvalue weighted by molar-refractivity contribution is 6.06. The molecule has 4 heteroatoms. The van der Waals surface area contributed by atoms with E-state index in [2.05, 4.69) is 10.2 Å². The number of allylic oxidation sites excluding steroid dienone is 1.